The van der Waals surface area contributed by atoms with Gasteiger partial charge < -0.3 is 19.7 Å². The van der Waals surface area contributed by atoms with Crippen LogP contribution in [-0.4, -0.2) is 60.8 Å². The summed E-state index contributed by atoms with van der Waals surface area (Å²) in [4.78, 5) is 27.1. The van der Waals surface area contributed by atoms with Gasteiger partial charge in [0.1, 0.15) is 12.2 Å². The first-order chi connectivity index (χ1) is 14.0. The molecule has 1 N–H and O–H groups in total. The number of benzene rings is 1. The number of piperidine rings is 1. The molecule has 0 saturated carbocycles. The van der Waals surface area contributed by atoms with Gasteiger partial charge in [-0.1, -0.05) is 53.6 Å². The van der Waals surface area contributed by atoms with Gasteiger partial charge in [-0.3, -0.25) is 9.59 Å². The minimum Gasteiger partial charge on any atom is -0.368 e. The average molecular weight is 437 g/mol. The Bertz CT molecular complexity index is 829. The van der Waals surface area contributed by atoms with Crippen molar-refractivity contribution in [3.05, 3.63) is 58.1 Å². The summed E-state index contributed by atoms with van der Waals surface area (Å²) >= 11 is 12.3. The van der Waals surface area contributed by atoms with Crippen LogP contribution >= 0.6 is 23.2 Å². The van der Waals surface area contributed by atoms with Crippen LogP contribution in [0.4, 0.5) is 0 Å². The van der Waals surface area contributed by atoms with Crippen molar-refractivity contribution >= 4 is 35.0 Å². The zero-order chi connectivity index (χ0) is 20.4. The normalized spacial score (nSPS) is 26.8. The molecular formula is C21H22Cl2N2O4. The predicted molar refractivity (Wildman–Crippen MR) is 110 cm³/mol. The highest BCUT2D eigenvalue weighted by molar-refractivity contribution is 6.39. The minimum absolute atomic E-state index is 0.0172. The summed E-state index contributed by atoms with van der Waals surface area (Å²) in [7, 11) is 0. The summed E-state index contributed by atoms with van der Waals surface area (Å²) in [5, 5.41) is 3.72. The van der Waals surface area contributed by atoms with E-state index < -0.39 is 6.10 Å². The Labute approximate surface area is 179 Å². The number of carbonyl (C=O) groups is 2. The summed E-state index contributed by atoms with van der Waals surface area (Å²) in [6.07, 6.45) is 7.95. The molecule has 2 saturated heterocycles. The quantitative estimate of drug-likeness (QED) is 0.790. The smallest absolute Gasteiger partial charge is 0.256 e. The highest BCUT2D eigenvalue weighted by atomic mass is 35.5. The first kappa shape index (κ1) is 20.4. The number of halogens is 2. The number of carbonyl (C=O) groups excluding carboxylic acids is 2. The number of nitrogens with one attached hydrogen (secondary N) is 1. The topological polar surface area (TPSA) is 67.9 Å². The third kappa shape index (κ3) is 4.51. The molecule has 0 spiro atoms. The number of hydrogen-bond donors (Lipinski definition) is 1. The number of nitrogens with zero attached hydrogens (tertiary/aromatic N) is 1. The van der Waals surface area contributed by atoms with Crippen molar-refractivity contribution in [3.63, 3.8) is 0 Å². The number of likely N-dealkylation sites (tertiary alicyclic amines) is 1. The molecular weight excluding hydrogens is 415 g/mol. The molecule has 1 aromatic carbocycles. The second kappa shape index (κ2) is 8.88. The van der Waals surface area contributed by atoms with Gasteiger partial charge in [0.25, 0.3) is 11.8 Å². The fourth-order valence-corrected chi connectivity index (χ4v) is 4.34. The molecule has 29 heavy (non-hydrogen) atoms. The Balaban J connectivity index is 1.29. The Morgan fingerprint density at radius 3 is 2.38 bits per heavy atom. The van der Waals surface area contributed by atoms with Crippen molar-refractivity contribution in [2.24, 2.45) is 0 Å². The lowest BCUT2D eigenvalue weighted by Gasteiger charge is -2.36. The summed E-state index contributed by atoms with van der Waals surface area (Å²) < 4.78 is 11.6. The third-order valence-corrected chi connectivity index (χ3v) is 6.03. The molecule has 2 fully saturated rings. The molecule has 2 aliphatic heterocycles. The molecule has 0 unspecified atom stereocenters. The molecule has 2 heterocycles. The fourth-order valence-electron chi connectivity index (χ4n) is 3.79. The number of amides is 2. The molecule has 6 nitrogen and oxygen atoms in total. The average Bonchev–Trinajstić information content (AvgIpc) is 2.73. The van der Waals surface area contributed by atoms with Gasteiger partial charge in [0.15, 0.2) is 6.10 Å². The molecule has 3 aliphatic rings. The van der Waals surface area contributed by atoms with E-state index in [1.165, 1.54) is 0 Å². The second-order valence-corrected chi connectivity index (χ2v) is 8.14. The Morgan fingerprint density at radius 2 is 1.69 bits per heavy atom. The van der Waals surface area contributed by atoms with Crippen molar-refractivity contribution in [3.8, 4) is 0 Å². The van der Waals surface area contributed by atoms with Crippen LogP contribution in [0.1, 0.15) is 23.2 Å². The maximum atomic E-state index is 12.8. The molecule has 0 bridgehead atoms. The molecule has 4 rings (SSSR count). The standard InChI is InChI=1S/C21H22Cl2N2O4/c22-14-4-3-5-15(23)19(14)21(27)25-10-8-13(9-11-25)24-20(26)18-12-28-16-6-1-2-7-17(16)29-18/h1-7,13,16-18H,8-12H2,(H,24,26)/t16-,17+,18+/m1/s1. The van der Waals surface area contributed by atoms with Gasteiger partial charge in [-0.05, 0) is 25.0 Å². The van der Waals surface area contributed by atoms with E-state index in [9.17, 15) is 9.59 Å². The van der Waals surface area contributed by atoms with E-state index in [1.54, 1.807) is 23.1 Å². The highest BCUT2D eigenvalue weighted by Crippen LogP contribution is 2.27. The van der Waals surface area contributed by atoms with Crippen molar-refractivity contribution in [1.82, 2.24) is 10.2 Å². The number of fused-ring (bicyclic) bond motifs is 1. The summed E-state index contributed by atoms with van der Waals surface area (Å²) in [6.45, 7) is 1.27. The number of rotatable bonds is 3. The maximum Gasteiger partial charge on any atom is 0.256 e. The van der Waals surface area contributed by atoms with E-state index in [-0.39, 0.29) is 36.7 Å². The van der Waals surface area contributed by atoms with E-state index in [0.717, 1.165) is 0 Å². The lowest BCUT2D eigenvalue weighted by Crippen LogP contribution is -2.53. The summed E-state index contributed by atoms with van der Waals surface area (Å²) in [6, 6.07) is 5.00. The van der Waals surface area contributed by atoms with Gasteiger partial charge in [0.2, 0.25) is 0 Å². The Morgan fingerprint density at radius 1 is 1.03 bits per heavy atom. The van der Waals surface area contributed by atoms with Crippen molar-refractivity contribution < 1.29 is 19.1 Å². The minimum atomic E-state index is -0.631. The Hall–Kier alpha value is -1.86. The van der Waals surface area contributed by atoms with E-state index in [1.807, 2.05) is 24.3 Å². The second-order valence-electron chi connectivity index (χ2n) is 7.33. The molecule has 3 atom stereocenters. The van der Waals surface area contributed by atoms with Gasteiger partial charge in [-0.25, -0.2) is 0 Å². The van der Waals surface area contributed by atoms with Crippen LogP contribution in [-0.2, 0) is 14.3 Å². The third-order valence-electron chi connectivity index (χ3n) is 5.40. The Kier molecular flexibility index (Phi) is 6.25. The highest BCUT2D eigenvalue weighted by Gasteiger charge is 2.35. The van der Waals surface area contributed by atoms with Gasteiger partial charge in [0, 0.05) is 19.1 Å². The lowest BCUT2D eigenvalue weighted by molar-refractivity contribution is -0.169. The number of hydrogen-bond acceptors (Lipinski definition) is 4. The summed E-state index contributed by atoms with van der Waals surface area (Å²) in [5.41, 5.74) is 0.329. The van der Waals surface area contributed by atoms with Crippen LogP contribution in [0, 0.1) is 0 Å². The van der Waals surface area contributed by atoms with Crippen LogP contribution in [0.15, 0.2) is 42.5 Å². The van der Waals surface area contributed by atoms with Gasteiger partial charge >= 0.3 is 0 Å². The monoisotopic (exact) mass is 436 g/mol. The van der Waals surface area contributed by atoms with Crippen LogP contribution in [0.2, 0.25) is 10.0 Å². The zero-order valence-corrected chi connectivity index (χ0v) is 17.2. The SMILES string of the molecule is O=C(NC1CCN(C(=O)c2c(Cl)cccc2Cl)CC1)[C@@H]1CO[C@@H]2C=CC=C[C@@H]2O1. The first-order valence-corrected chi connectivity index (χ1v) is 10.4. The molecule has 0 radical (unpaired) electrons. The van der Waals surface area contributed by atoms with Crippen molar-refractivity contribution in [2.75, 3.05) is 19.7 Å². The van der Waals surface area contributed by atoms with Crippen molar-refractivity contribution in [1.29, 1.82) is 0 Å². The maximum absolute atomic E-state index is 12.8. The van der Waals surface area contributed by atoms with Gasteiger partial charge in [0.05, 0.1) is 22.2 Å². The summed E-state index contributed by atoms with van der Waals surface area (Å²) in [5.74, 6) is -0.358. The zero-order valence-electron chi connectivity index (χ0n) is 15.7. The molecule has 1 aliphatic carbocycles. The van der Waals surface area contributed by atoms with Crippen LogP contribution in [0.5, 0.6) is 0 Å². The number of ether oxygens (including phenoxy) is 2. The molecule has 0 aromatic heterocycles. The van der Waals surface area contributed by atoms with Crippen molar-refractivity contribution in [2.45, 2.75) is 37.2 Å². The van der Waals surface area contributed by atoms with E-state index >= 15 is 0 Å². The largest absolute Gasteiger partial charge is 0.368 e. The predicted octanol–water partition coefficient (Wildman–Crippen LogP) is 2.99. The molecule has 2 amide bonds. The van der Waals surface area contributed by atoms with Gasteiger partial charge in [-0.15, -0.1) is 0 Å². The van der Waals surface area contributed by atoms with Crippen LogP contribution in [0.25, 0.3) is 0 Å². The molecule has 154 valence electrons. The molecule has 8 heteroatoms. The van der Waals surface area contributed by atoms with E-state index in [4.69, 9.17) is 32.7 Å². The van der Waals surface area contributed by atoms with E-state index in [0.29, 0.717) is 41.5 Å². The van der Waals surface area contributed by atoms with Crippen LogP contribution in [0.3, 0.4) is 0 Å². The van der Waals surface area contributed by atoms with Crippen LogP contribution < -0.4 is 5.32 Å². The molecule has 1 aromatic rings. The fraction of sp³-hybridized carbons (Fsp3) is 0.429. The van der Waals surface area contributed by atoms with E-state index in [2.05, 4.69) is 5.32 Å². The first-order valence-electron chi connectivity index (χ1n) is 9.68. The number of allylic oxidation sites excluding steroid dienone is 2. The van der Waals surface area contributed by atoms with Gasteiger partial charge in [-0.2, -0.15) is 0 Å². The lowest BCUT2D eigenvalue weighted by atomic mass is 10.0.